The van der Waals surface area contributed by atoms with Crippen LogP contribution in [0.25, 0.3) is 17.0 Å². The van der Waals surface area contributed by atoms with Gasteiger partial charge in [0, 0.05) is 40.8 Å². The fourth-order valence-corrected chi connectivity index (χ4v) is 5.42. The first-order valence-electron chi connectivity index (χ1n) is 11.3. The van der Waals surface area contributed by atoms with Crippen LogP contribution in [0.1, 0.15) is 30.4 Å². The van der Waals surface area contributed by atoms with Crippen molar-refractivity contribution in [2.75, 3.05) is 13.1 Å². The van der Waals surface area contributed by atoms with Crippen molar-refractivity contribution in [3.05, 3.63) is 75.8 Å². The standard InChI is InChI=1S/C26H24ClN3O3S/c27-20-10-8-18(9-11-20)15-30-25(32)23(34-26(30)33)14-19-16-29(22-7-3-2-6-21(19)22)17-24(31)28-12-4-1-5-13-28/h2-3,6-11,14,16H,1,4-5,12-13,15,17H2/b23-14-. The molecular formula is C26H24ClN3O3S. The zero-order chi connectivity index (χ0) is 23.7. The van der Waals surface area contributed by atoms with Gasteiger partial charge in [-0.1, -0.05) is 41.9 Å². The molecule has 3 heterocycles. The Kier molecular flexibility index (Phi) is 6.48. The number of hydrogen-bond acceptors (Lipinski definition) is 4. The Bertz CT molecular complexity index is 1290. The second-order valence-electron chi connectivity index (χ2n) is 8.57. The maximum Gasteiger partial charge on any atom is 0.293 e. The molecule has 1 aromatic heterocycles. The van der Waals surface area contributed by atoms with E-state index in [1.807, 2.05) is 52.1 Å². The SMILES string of the molecule is O=C(Cn1cc(/C=C2\SC(=O)N(Cc3ccc(Cl)cc3)C2=O)c2ccccc21)N1CCCCC1. The number of para-hydroxylation sites is 1. The lowest BCUT2D eigenvalue weighted by molar-refractivity contribution is -0.132. The zero-order valence-corrected chi connectivity index (χ0v) is 20.1. The van der Waals surface area contributed by atoms with E-state index in [0.29, 0.717) is 9.93 Å². The normalized spacial score (nSPS) is 17.9. The molecule has 2 saturated heterocycles. The molecule has 0 aliphatic carbocycles. The van der Waals surface area contributed by atoms with Crippen molar-refractivity contribution in [3.8, 4) is 0 Å². The molecule has 2 aromatic carbocycles. The van der Waals surface area contributed by atoms with Crippen molar-refractivity contribution in [2.45, 2.75) is 32.4 Å². The van der Waals surface area contributed by atoms with Crippen LogP contribution in [0.15, 0.2) is 59.6 Å². The summed E-state index contributed by atoms with van der Waals surface area (Å²) in [6.45, 7) is 2.08. The van der Waals surface area contributed by atoms with Gasteiger partial charge in [0.15, 0.2) is 0 Å². The van der Waals surface area contributed by atoms with Crippen molar-refractivity contribution in [2.24, 2.45) is 0 Å². The molecule has 3 amide bonds. The van der Waals surface area contributed by atoms with Gasteiger partial charge >= 0.3 is 0 Å². The van der Waals surface area contributed by atoms with Crippen LogP contribution >= 0.6 is 23.4 Å². The number of hydrogen-bond donors (Lipinski definition) is 0. The maximum absolute atomic E-state index is 13.0. The lowest BCUT2D eigenvalue weighted by atomic mass is 10.1. The summed E-state index contributed by atoms with van der Waals surface area (Å²) >= 11 is 6.88. The van der Waals surface area contributed by atoms with Crippen molar-refractivity contribution in [1.29, 1.82) is 0 Å². The fraction of sp³-hybridized carbons (Fsp3) is 0.269. The molecule has 0 N–H and O–H groups in total. The lowest BCUT2D eigenvalue weighted by Crippen LogP contribution is -2.37. The molecule has 8 heteroatoms. The van der Waals surface area contributed by atoms with Crippen LogP contribution in [0.5, 0.6) is 0 Å². The summed E-state index contributed by atoms with van der Waals surface area (Å²) in [4.78, 5) is 42.1. The highest BCUT2D eigenvalue weighted by molar-refractivity contribution is 8.18. The Morgan fingerprint density at radius 1 is 1.00 bits per heavy atom. The molecule has 0 saturated carbocycles. The van der Waals surface area contributed by atoms with E-state index in [0.717, 1.165) is 59.7 Å². The van der Waals surface area contributed by atoms with Crippen LogP contribution in [0, 0.1) is 0 Å². The quantitative estimate of drug-likeness (QED) is 0.437. The lowest BCUT2D eigenvalue weighted by Gasteiger charge is -2.27. The molecule has 0 bridgehead atoms. The molecule has 0 spiro atoms. The number of benzene rings is 2. The third-order valence-corrected chi connectivity index (χ3v) is 7.41. The van der Waals surface area contributed by atoms with Crippen LogP contribution in [0.4, 0.5) is 4.79 Å². The summed E-state index contributed by atoms with van der Waals surface area (Å²) in [6.07, 6.45) is 6.94. The topological polar surface area (TPSA) is 62.6 Å². The van der Waals surface area contributed by atoms with E-state index < -0.39 is 0 Å². The van der Waals surface area contributed by atoms with Crippen LogP contribution in [-0.2, 0) is 22.7 Å². The number of aromatic nitrogens is 1. The minimum atomic E-state index is -0.314. The van der Waals surface area contributed by atoms with Crippen LogP contribution in [0.2, 0.25) is 5.02 Å². The first-order chi connectivity index (χ1) is 16.5. The van der Waals surface area contributed by atoms with Gasteiger partial charge in [-0.25, -0.2) is 0 Å². The number of carbonyl (C=O) groups excluding carboxylic acids is 3. The number of imide groups is 1. The van der Waals surface area contributed by atoms with Crippen LogP contribution in [0.3, 0.4) is 0 Å². The monoisotopic (exact) mass is 493 g/mol. The smallest absolute Gasteiger partial charge is 0.293 e. The average molecular weight is 494 g/mol. The molecular weight excluding hydrogens is 470 g/mol. The molecule has 0 atom stereocenters. The Hall–Kier alpha value is -3.03. The molecule has 0 radical (unpaired) electrons. The Balaban J connectivity index is 1.40. The van der Waals surface area contributed by atoms with Crippen molar-refractivity contribution < 1.29 is 14.4 Å². The number of thioether (sulfide) groups is 1. The molecule has 2 aliphatic heterocycles. The summed E-state index contributed by atoms with van der Waals surface area (Å²) in [6, 6.07) is 14.9. The minimum Gasteiger partial charge on any atom is -0.341 e. The van der Waals surface area contributed by atoms with Gasteiger partial charge in [0.25, 0.3) is 11.1 Å². The highest BCUT2D eigenvalue weighted by atomic mass is 35.5. The zero-order valence-electron chi connectivity index (χ0n) is 18.6. The van der Waals surface area contributed by atoms with E-state index in [4.69, 9.17) is 11.6 Å². The predicted octanol–water partition coefficient (Wildman–Crippen LogP) is 5.54. The van der Waals surface area contributed by atoms with Gasteiger partial charge in [0.1, 0.15) is 6.54 Å². The summed E-state index contributed by atoms with van der Waals surface area (Å²) in [7, 11) is 0. The fourth-order valence-electron chi connectivity index (χ4n) is 4.46. The number of rotatable bonds is 5. The number of piperidine rings is 1. The first-order valence-corrected chi connectivity index (χ1v) is 12.5. The van der Waals surface area contributed by atoms with E-state index in [2.05, 4.69) is 0 Å². The number of amides is 3. The van der Waals surface area contributed by atoms with Crippen molar-refractivity contribution >= 4 is 57.4 Å². The van der Waals surface area contributed by atoms with Gasteiger partial charge in [-0.05, 0) is 60.9 Å². The Labute approximate surface area is 207 Å². The second-order valence-corrected chi connectivity index (χ2v) is 9.99. The molecule has 6 nitrogen and oxygen atoms in total. The van der Waals surface area contributed by atoms with Gasteiger partial charge in [-0.3, -0.25) is 19.3 Å². The van der Waals surface area contributed by atoms with Gasteiger partial charge in [0.05, 0.1) is 11.4 Å². The summed E-state index contributed by atoms with van der Waals surface area (Å²) < 4.78 is 1.94. The van der Waals surface area contributed by atoms with E-state index in [1.54, 1.807) is 18.2 Å². The number of nitrogens with zero attached hydrogens (tertiary/aromatic N) is 3. The van der Waals surface area contributed by atoms with E-state index in [1.165, 1.54) is 11.3 Å². The summed E-state index contributed by atoms with van der Waals surface area (Å²) in [5.41, 5.74) is 2.58. The largest absolute Gasteiger partial charge is 0.341 e. The molecule has 2 aliphatic rings. The average Bonchev–Trinajstić information content (AvgIpc) is 3.33. The second kappa shape index (κ2) is 9.68. The third-order valence-electron chi connectivity index (χ3n) is 6.25. The van der Waals surface area contributed by atoms with E-state index >= 15 is 0 Å². The minimum absolute atomic E-state index is 0.107. The number of carbonyl (C=O) groups is 3. The van der Waals surface area contributed by atoms with Crippen LogP contribution < -0.4 is 0 Å². The van der Waals surface area contributed by atoms with E-state index in [9.17, 15) is 14.4 Å². The summed E-state index contributed by atoms with van der Waals surface area (Å²) in [5.74, 6) is -0.207. The van der Waals surface area contributed by atoms with Gasteiger partial charge in [-0.15, -0.1) is 0 Å². The molecule has 3 aromatic rings. The molecule has 34 heavy (non-hydrogen) atoms. The molecule has 174 valence electrons. The number of fused-ring (bicyclic) bond motifs is 1. The highest BCUT2D eigenvalue weighted by Gasteiger charge is 2.35. The molecule has 2 fully saturated rings. The van der Waals surface area contributed by atoms with E-state index in [-0.39, 0.29) is 30.1 Å². The van der Waals surface area contributed by atoms with Crippen LogP contribution in [-0.4, -0.2) is 44.5 Å². The first kappa shape index (κ1) is 22.7. The van der Waals surface area contributed by atoms with Crippen molar-refractivity contribution in [1.82, 2.24) is 14.4 Å². The number of halogens is 1. The van der Waals surface area contributed by atoms with Gasteiger partial charge in [-0.2, -0.15) is 0 Å². The van der Waals surface area contributed by atoms with Crippen molar-refractivity contribution in [3.63, 3.8) is 0 Å². The number of likely N-dealkylation sites (tertiary alicyclic amines) is 1. The summed E-state index contributed by atoms with van der Waals surface area (Å²) in [5, 5.41) is 1.25. The Morgan fingerprint density at radius 2 is 1.74 bits per heavy atom. The van der Waals surface area contributed by atoms with Gasteiger partial charge < -0.3 is 9.47 Å². The predicted molar refractivity (Wildman–Crippen MR) is 135 cm³/mol. The van der Waals surface area contributed by atoms with Gasteiger partial charge in [0.2, 0.25) is 5.91 Å². The molecule has 5 rings (SSSR count). The third kappa shape index (κ3) is 4.63. The highest BCUT2D eigenvalue weighted by Crippen LogP contribution is 2.35. The maximum atomic E-state index is 13.0. The Morgan fingerprint density at radius 3 is 2.50 bits per heavy atom. The molecule has 0 unspecified atom stereocenters.